The lowest BCUT2D eigenvalue weighted by molar-refractivity contribution is -0.401. The van der Waals surface area contributed by atoms with Crippen LogP contribution < -0.4 is 4.90 Å². The molecule has 19 heavy (non-hydrogen) atoms. The Morgan fingerprint density at radius 1 is 1.21 bits per heavy atom. The highest BCUT2D eigenvalue weighted by molar-refractivity contribution is 5.54. The summed E-state index contributed by atoms with van der Waals surface area (Å²) in [5.74, 6) is 0. The normalized spacial score (nSPS) is 10.8. The second-order valence-corrected chi connectivity index (χ2v) is 4.31. The van der Waals surface area contributed by atoms with Crippen LogP contribution in [0.25, 0.3) is 11.8 Å². The van der Waals surface area contributed by atoms with E-state index in [9.17, 15) is 10.1 Å². The van der Waals surface area contributed by atoms with Crippen molar-refractivity contribution in [1.29, 1.82) is 0 Å². The van der Waals surface area contributed by atoms with E-state index in [1.807, 2.05) is 66.2 Å². The van der Waals surface area contributed by atoms with Gasteiger partial charge >= 0.3 is 0 Å². The van der Waals surface area contributed by atoms with Gasteiger partial charge in [-0.3, -0.25) is 10.1 Å². The third-order valence-electron chi connectivity index (χ3n) is 2.79. The molecule has 5 nitrogen and oxygen atoms in total. The van der Waals surface area contributed by atoms with Gasteiger partial charge in [-0.15, -0.1) is 0 Å². The van der Waals surface area contributed by atoms with Gasteiger partial charge in [-0.05, 0) is 36.4 Å². The van der Waals surface area contributed by atoms with E-state index in [0.717, 1.165) is 23.3 Å². The molecule has 0 aliphatic carbocycles. The van der Waals surface area contributed by atoms with Gasteiger partial charge in [0.05, 0.1) is 10.6 Å². The molecule has 0 saturated carbocycles. The summed E-state index contributed by atoms with van der Waals surface area (Å²) >= 11 is 0. The summed E-state index contributed by atoms with van der Waals surface area (Å²) in [5, 5.41) is 10.4. The number of aromatic nitrogens is 1. The molecule has 5 heteroatoms. The molecule has 0 radical (unpaired) electrons. The van der Waals surface area contributed by atoms with E-state index in [4.69, 9.17) is 0 Å². The molecule has 98 valence electrons. The quantitative estimate of drug-likeness (QED) is 0.625. The lowest BCUT2D eigenvalue weighted by atomic mass is 10.2. The van der Waals surface area contributed by atoms with Crippen LogP contribution in [0.2, 0.25) is 0 Å². The van der Waals surface area contributed by atoms with Crippen LogP contribution in [0.1, 0.15) is 5.69 Å². The van der Waals surface area contributed by atoms with Gasteiger partial charge in [0.2, 0.25) is 6.20 Å². The highest BCUT2D eigenvalue weighted by Gasteiger charge is 2.02. The number of benzene rings is 1. The molecule has 0 amide bonds. The second kappa shape index (κ2) is 5.39. The van der Waals surface area contributed by atoms with E-state index in [0.29, 0.717) is 0 Å². The molecule has 0 bridgehead atoms. The lowest BCUT2D eigenvalue weighted by Gasteiger charge is -2.13. The predicted octanol–water partition coefficient (Wildman–Crippen LogP) is 2.79. The first-order chi connectivity index (χ1) is 9.08. The summed E-state index contributed by atoms with van der Waals surface area (Å²) in [6.07, 6.45) is 4.31. The average molecular weight is 257 g/mol. The summed E-state index contributed by atoms with van der Waals surface area (Å²) in [5.41, 5.74) is 2.85. The monoisotopic (exact) mass is 257 g/mol. The first kappa shape index (κ1) is 12.9. The van der Waals surface area contributed by atoms with Crippen molar-refractivity contribution in [3.63, 3.8) is 0 Å². The van der Waals surface area contributed by atoms with Gasteiger partial charge < -0.3 is 9.47 Å². The number of hydrogen-bond donors (Lipinski definition) is 0. The number of nitro groups is 1. The molecule has 1 aromatic carbocycles. The third-order valence-corrected chi connectivity index (χ3v) is 2.79. The van der Waals surface area contributed by atoms with Crippen LogP contribution in [0.3, 0.4) is 0 Å². The third kappa shape index (κ3) is 3.01. The van der Waals surface area contributed by atoms with Crippen molar-refractivity contribution in [3.8, 4) is 5.69 Å². The molecule has 0 aliphatic heterocycles. The van der Waals surface area contributed by atoms with Crippen molar-refractivity contribution in [1.82, 2.24) is 4.57 Å². The molecule has 0 aliphatic rings. The van der Waals surface area contributed by atoms with E-state index in [2.05, 4.69) is 0 Å². The maximum Gasteiger partial charge on any atom is 0.236 e. The van der Waals surface area contributed by atoms with Gasteiger partial charge in [0.15, 0.2) is 0 Å². The Balaban J connectivity index is 2.32. The minimum atomic E-state index is -0.466. The Morgan fingerprint density at radius 3 is 2.47 bits per heavy atom. The van der Waals surface area contributed by atoms with Crippen LogP contribution in [0.5, 0.6) is 0 Å². The lowest BCUT2D eigenvalue weighted by Crippen LogP contribution is -2.08. The highest BCUT2D eigenvalue weighted by Crippen LogP contribution is 2.18. The Bertz CT molecular complexity index is 597. The zero-order valence-electron chi connectivity index (χ0n) is 10.9. The molecule has 1 heterocycles. The number of rotatable bonds is 4. The van der Waals surface area contributed by atoms with Crippen LogP contribution in [0.15, 0.2) is 48.8 Å². The van der Waals surface area contributed by atoms with Crippen LogP contribution in [-0.2, 0) is 0 Å². The summed E-state index contributed by atoms with van der Waals surface area (Å²) in [6.45, 7) is 0. The molecule has 0 spiro atoms. The zero-order valence-corrected chi connectivity index (χ0v) is 10.9. The summed E-state index contributed by atoms with van der Waals surface area (Å²) < 4.78 is 1.90. The predicted molar refractivity (Wildman–Crippen MR) is 76.1 cm³/mol. The van der Waals surface area contributed by atoms with Crippen molar-refractivity contribution in [3.05, 3.63) is 64.6 Å². The molecular formula is C14H15N3O2. The molecule has 2 aromatic rings. The summed E-state index contributed by atoms with van der Waals surface area (Å²) in [7, 11) is 3.96. The van der Waals surface area contributed by atoms with Gasteiger partial charge in [0.1, 0.15) is 0 Å². The first-order valence-corrected chi connectivity index (χ1v) is 5.85. The average Bonchev–Trinajstić information content (AvgIpc) is 2.84. The Hall–Kier alpha value is -2.56. The van der Waals surface area contributed by atoms with Crippen molar-refractivity contribution in [2.45, 2.75) is 0 Å². The van der Waals surface area contributed by atoms with Crippen molar-refractivity contribution < 1.29 is 4.92 Å². The van der Waals surface area contributed by atoms with Crippen LogP contribution >= 0.6 is 0 Å². The minimum absolute atomic E-state index is 0.466. The van der Waals surface area contributed by atoms with E-state index in [1.165, 1.54) is 6.08 Å². The van der Waals surface area contributed by atoms with E-state index < -0.39 is 4.92 Å². The smallest absolute Gasteiger partial charge is 0.236 e. The molecule has 0 atom stereocenters. The van der Waals surface area contributed by atoms with Crippen molar-refractivity contribution >= 4 is 11.8 Å². The van der Waals surface area contributed by atoms with Gasteiger partial charge in [-0.25, -0.2) is 0 Å². The van der Waals surface area contributed by atoms with Crippen LogP contribution in [-0.4, -0.2) is 23.6 Å². The zero-order chi connectivity index (χ0) is 13.8. The fourth-order valence-corrected chi connectivity index (χ4v) is 1.81. The number of nitrogens with zero attached hydrogens (tertiary/aromatic N) is 3. The maximum atomic E-state index is 10.4. The summed E-state index contributed by atoms with van der Waals surface area (Å²) in [4.78, 5) is 11.9. The van der Waals surface area contributed by atoms with Crippen molar-refractivity contribution in [2.24, 2.45) is 0 Å². The fraction of sp³-hybridized carbons (Fsp3) is 0.143. The molecule has 2 rings (SSSR count). The molecular weight excluding hydrogens is 242 g/mol. The minimum Gasteiger partial charge on any atom is -0.378 e. The van der Waals surface area contributed by atoms with Gasteiger partial charge in [0.25, 0.3) is 0 Å². The van der Waals surface area contributed by atoms with E-state index >= 15 is 0 Å². The van der Waals surface area contributed by atoms with Crippen LogP contribution in [0.4, 0.5) is 5.69 Å². The summed E-state index contributed by atoms with van der Waals surface area (Å²) in [6, 6.07) is 11.7. The Kier molecular flexibility index (Phi) is 3.66. The molecule has 0 saturated heterocycles. The highest BCUT2D eigenvalue weighted by atomic mass is 16.6. The maximum absolute atomic E-state index is 10.4. The first-order valence-electron chi connectivity index (χ1n) is 5.85. The number of anilines is 1. The SMILES string of the molecule is CN(C)c1ccc(-n2cccc2/C=C/[N+](=O)[O-])cc1. The molecule has 0 unspecified atom stereocenters. The molecule has 0 N–H and O–H groups in total. The standard InChI is InChI=1S/C14H15N3O2/c1-15(2)12-5-7-14(8-6-12)16-10-3-4-13(16)9-11-17(18)19/h3-11H,1-2H3/b11-9+. The van der Waals surface area contributed by atoms with Crippen molar-refractivity contribution in [2.75, 3.05) is 19.0 Å². The number of hydrogen-bond acceptors (Lipinski definition) is 3. The fourth-order valence-electron chi connectivity index (χ4n) is 1.81. The Labute approximate surface area is 111 Å². The molecule has 0 fully saturated rings. The van der Waals surface area contributed by atoms with Gasteiger partial charge in [-0.1, -0.05) is 0 Å². The largest absolute Gasteiger partial charge is 0.378 e. The second-order valence-electron chi connectivity index (χ2n) is 4.31. The topological polar surface area (TPSA) is 51.3 Å². The Morgan fingerprint density at radius 2 is 1.89 bits per heavy atom. The van der Waals surface area contributed by atoms with E-state index in [1.54, 1.807) is 0 Å². The van der Waals surface area contributed by atoms with Crippen LogP contribution in [0, 0.1) is 10.1 Å². The van der Waals surface area contributed by atoms with Gasteiger partial charge in [-0.2, -0.15) is 0 Å². The van der Waals surface area contributed by atoms with Gasteiger partial charge in [0, 0.05) is 37.7 Å². The molecule has 1 aromatic heterocycles. The van der Waals surface area contributed by atoms with E-state index in [-0.39, 0.29) is 0 Å².